The summed E-state index contributed by atoms with van der Waals surface area (Å²) in [5, 5.41) is 24.9. The molecule has 0 aliphatic carbocycles. The monoisotopic (exact) mass is 1520 g/mol. The van der Waals surface area contributed by atoms with E-state index in [0.29, 0.717) is 0 Å². The first-order chi connectivity index (χ1) is 54.7. The van der Waals surface area contributed by atoms with Gasteiger partial charge in [-0.25, -0.2) is 4.79 Å². The number of benzene rings is 9. The molecule has 20 atom stereocenters. The highest BCUT2D eigenvalue weighted by atomic mass is 16.8. The summed E-state index contributed by atoms with van der Waals surface area (Å²) in [6.45, 7) is 0.778. The lowest BCUT2D eigenvalue weighted by molar-refractivity contribution is -0.230. The first kappa shape index (κ1) is 79.3. The van der Waals surface area contributed by atoms with Gasteiger partial charge >= 0.3 is 5.97 Å². The van der Waals surface area contributed by atoms with Crippen LogP contribution in [-0.2, 0) is 143 Å². The van der Waals surface area contributed by atoms with Crippen LogP contribution in [-0.4, -0.2) is 179 Å². The summed E-state index contributed by atoms with van der Waals surface area (Å²) in [7, 11) is 1.57. The fourth-order valence-electron chi connectivity index (χ4n) is 14.1. The summed E-state index contributed by atoms with van der Waals surface area (Å²) in [6, 6.07) is 86.1. The molecule has 5 saturated heterocycles. The van der Waals surface area contributed by atoms with Gasteiger partial charge in [0.2, 0.25) is 0 Å². The fraction of sp³-hybridized carbons (Fsp3) is 0.382. The van der Waals surface area contributed by atoms with Gasteiger partial charge in [-0.3, -0.25) is 0 Å². The van der Waals surface area contributed by atoms with Crippen molar-refractivity contribution in [2.24, 2.45) is 0 Å². The molecular formula is C89H96O22. The molecule has 22 heteroatoms. The molecule has 0 saturated carbocycles. The number of aliphatic hydroxyl groups is 2. The molecule has 2 N–H and O–H groups in total. The molecule has 5 aliphatic rings. The van der Waals surface area contributed by atoms with Crippen molar-refractivity contribution in [1.29, 1.82) is 0 Å². The molecule has 5 aliphatic heterocycles. The Balaban J connectivity index is 0.771. The molecule has 0 aromatic heterocycles. The molecular weight excluding hydrogens is 1420 g/mol. The van der Waals surface area contributed by atoms with Gasteiger partial charge in [0.15, 0.2) is 37.6 Å². The highest BCUT2D eigenvalue weighted by Crippen LogP contribution is 2.39. The van der Waals surface area contributed by atoms with Gasteiger partial charge in [0, 0.05) is 7.11 Å². The van der Waals surface area contributed by atoms with Gasteiger partial charge < -0.3 is 100 Å². The molecule has 5 heterocycles. The summed E-state index contributed by atoms with van der Waals surface area (Å²) in [5.74, 6) is -0.754. The van der Waals surface area contributed by atoms with Gasteiger partial charge in [0.1, 0.15) is 85.5 Å². The van der Waals surface area contributed by atoms with Crippen LogP contribution in [0.5, 0.6) is 0 Å². The number of rotatable bonds is 40. The Bertz CT molecular complexity index is 4120. The van der Waals surface area contributed by atoms with Gasteiger partial charge in [-0.2, -0.15) is 0 Å². The Labute approximate surface area is 647 Å². The van der Waals surface area contributed by atoms with Crippen molar-refractivity contribution in [1.82, 2.24) is 0 Å². The van der Waals surface area contributed by atoms with Crippen LogP contribution in [0.2, 0.25) is 0 Å². The van der Waals surface area contributed by atoms with E-state index >= 15 is 0 Å². The van der Waals surface area contributed by atoms with Crippen LogP contribution in [0.15, 0.2) is 273 Å². The summed E-state index contributed by atoms with van der Waals surface area (Å²) in [4.78, 5) is 14.8. The summed E-state index contributed by atoms with van der Waals surface area (Å²) in [5.41, 5.74) is 7.45. The van der Waals surface area contributed by atoms with Gasteiger partial charge in [0.05, 0.1) is 91.5 Å². The molecule has 0 amide bonds. The van der Waals surface area contributed by atoms with Crippen molar-refractivity contribution in [3.63, 3.8) is 0 Å². The van der Waals surface area contributed by atoms with E-state index < -0.39 is 129 Å². The first-order valence-corrected chi connectivity index (χ1v) is 37.8. The largest absolute Gasteiger partial charge is 0.450 e. The number of ether oxygens (including phenoxy) is 19. The molecule has 584 valence electrons. The summed E-state index contributed by atoms with van der Waals surface area (Å²) >= 11 is 0. The van der Waals surface area contributed by atoms with E-state index in [1.54, 1.807) is 37.4 Å². The molecule has 9 aromatic rings. The first-order valence-electron chi connectivity index (χ1n) is 37.8. The van der Waals surface area contributed by atoms with E-state index in [0.717, 1.165) is 44.5 Å². The predicted molar refractivity (Wildman–Crippen MR) is 403 cm³/mol. The number of carbonyl (C=O) groups is 1. The van der Waals surface area contributed by atoms with Crippen molar-refractivity contribution in [3.8, 4) is 0 Å². The lowest BCUT2D eigenvalue weighted by atomic mass is 10.1. The molecule has 14 rings (SSSR count). The minimum atomic E-state index is -1.49. The van der Waals surface area contributed by atoms with Crippen LogP contribution in [0.25, 0.3) is 0 Å². The number of carbonyl (C=O) groups excluding carboxylic acids is 1. The molecule has 0 spiro atoms. The Kier molecular flexibility index (Phi) is 29.2. The Morgan fingerprint density at radius 3 is 0.901 bits per heavy atom. The van der Waals surface area contributed by atoms with E-state index in [9.17, 15) is 15.0 Å². The second-order valence-corrected chi connectivity index (χ2v) is 27.8. The average molecular weight is 1520 g/mol. The zero-order valence-corrected chi connectivity index (χ0v) is 61.8. The molecule has 5 fully saturated rings. The van der Waals surface area contributed by atoms with E-state index in [-0.39, 0.29) is 91.5 Å². The van der Waals surface area contributed by atoms with E-state index in [2.05, 4.69) is 0 Å². The van der Waals surface area contributed by atoms with Crippen LogP contribution in [0.3, 0.4) is 0 Å². The van der Waals surface area contributed by atoms with Crippen LogP contribution in [0.1, 0.15) is 54.9 Å². The van der Waals surface area contributed by atoms with E-state index in [4.69, 9.17) is 90.0 Å². The molecule has 9 aromatic carbocycles. The quantitative estimate of drug-likeness (QED) is 0.0340. The Hall–Kier alpha value is -8.35. The van der Waals surface area contributed by atoms with Crippen LogP contribution < -0.4 is 0 Å². The maximum absolute atomic E-state index is 14.8. The third-order valence-electron chi connectivity index (χ3n) is 19.9. The number of aliphatic hydroxyl groups excluding tert-OH is 2. The molecule has 22 nitrogen and oxygen atoms in total. The fourth-order valence-corrected chi connectivity index (χ4v) is 14.1. The topological polar surface area (TPSA) is 233 Å². The van der Waals surface area contributed by atoms with E-state index in [1.165, 1.54) is 0 Å². The third kappa shape index (κ3) is 21.9. The number of esters is 1. The highest BCUT2D eigenvalue weighted by Gasteiger charge is 2.57. The van der Waals surface area contributed by atoms with Crippen molar-refractivity contribution < 1.29 is 105 Å². The van der Waals surface area contributed by atoms with Crippen LogP contribution in [0, 0.1) is 0 Å². The van der Waals surface area contributed by atoms with Crippen molar-refractivity contribution in [2.75, 3.05) is 40.1 Å². The van der Waals surface area contributed by atoms with Gasteiger partial charge in [0.25, 0.3) is 0 Å². The van der Waals surface area contributed by atoms with Crippen LogP contribution >= 0.6 is 0 Å². The predicted octanol–water partition coefficient (Wildman–Crippen LogP) is 11.6. The minimum Gasteiger partial charge on any atom is -0.450 e. The molecule has 111 heavy (non-hydrogen) atoms. The highest BCUT2D eigenvalue weighted by molar-refractivity contribution is 5.89. The van der Waals surface area contributed by atoms with Gasteiger partial charge in [-0.15, -0.1) is 0 Å². The molecule has 0 unspecified atom stereocenters. The Morgan fingerprint density at radius 1 is 0.270 bits per heavy atom. The smallest absolute Gasteiger partial charge is 0.338 e. The lowest BCUT2D eigenvalue weighted by Gasteiger charge is -2.29. The molecule has 0 bridgehead atoms. The second-order valence-electron chi connectivity index (χ2n) is 27.8. The number of hydrogen-bond acceptors (Lipinski definition) is 22. The standard InChI is InChI=1S/C89H96O22/c1-93-87-81(100-53-66-41-23-8-24-42-66)78(98-51-64-37-19-6-20-38-64)71(107-87)57-103-88-82(101-54-67-43-25-9-26-44-67)79(99-52-65-39-21-7-22-40-65)72(108-88)58-104-89-83(110-84(92)68-45-27-10-28-46-68)80(111-86-75(91)77(97-50-63-35-17-5-18-36-63)70(106-86)56-95-48-61-31-13-3-14-32-61)73(109-89)59-102-85-74(90)76(96-49-62-33-15-4-16-34-62)69(105-85)55-94-47-60-29-11-2-12-30-60/h2-46,69-83,85-91H,47-59H2,1H3/t69-,70-,71-,72-,73-,74+,75+,76-,77-,78-,79-,80-,81+,82+,83+,85+,86-,87+,88+,89+/m1/s1. The second kappa shape index (κ2) is 40.9. The van der Waals surface area contributed by atoms with Crippen molar-refractivity contribution in [2.45, 2.75) is 176 Å². The maximum atomic E-state index is 14.8. The van der Waals surface area contributed by atoms with Gasteiger partial charge in [-0.05, 0) is 56.6 Å². The lowest BCUT2D eigenvalue weighted by Crippen LogP contribution is -2.47. The Morgan fingerprint density at radius 2 is 0.532 bits per heavy atom. The summed E-state index contributed by atoms with van der Waals surface area (Å²) in [6.07, 6.45) is -21.8. The van der Waals surface area contributed by atoms with Crippen molar-refractivity contribution >= 4 is 5.97 Å². The maximum Gasteiger partial charge on any atom is 0.338 e. The third-order valence-corrected chi connectivity index (χ3v) is 19.9. The average Bonchev–Trinajstić information content (AvgIpc) is 1.63. The van der Waals surface area contributed by atoms with Crippen molar-refractivity contribution in [3.05, 3.63) is 323 Å². The number of hydrogen-bond donors (Lipinski definition) is 2. The van der Waals surface area contributed by atoms with Crippen LogP contribution in [0.4, 0.5) is 0 Å². The zero-order valence-electron chi connectivity index (χ0n) is 61.8. The van der Waals surface area contributed by atoms with Gasteiger partial charge in [-0.1, -0.05) is 261 Å². The van der Waals surface area contributed by atoms with E-state index in [1.807, 2.05) is 243 Å². The SMILES string of the molecule is CO[C@H]1O[C@H](CO[C@H]2O[C@H](CO[C@H]3O[C@H](CO[C@H]4O[C@H](COCc5ccccc5)[C@@H](OCc5ccccc5)[C@@H]4O)[C@@H](O[C@H]4O[C@H](COCc5ccccc5)[C@@H](OCc5ccccc5)[C@@H]4O)[C@@H]3OC(=O)c3ccccc3)[C@@H](OCc3ccccc3)[C@@H]2OCc2ccccc2)[C@@H](OCc2ccccc2)[C@@H]1OCc1ccccc1. The number of methoxy groups -OCH3 is 1. The normalized spacial score (nSPS) is 28.4. The summed E-state index contributed by atoms with van der Waals surface area (Å²) < 4.78 is 127. The zero-order chi connectivity index (χ0) is 75.8. The minimum absolute atomic E-state index is 0.0128. The molecule has 0 radical (unpaired) electrons.